The van der Waals surface area contributed by atoms with Gasteiger partial charge in [0, 0.05) is 13.1 Å². The van der Waals surface area contributed by atoms with Crippen LogP contribution in [0.3, 0.4) is 0 Å². The summed E-state index contributed by atoms with van der Waals surface area (Å²) in [4.78, 5) is 0.568. The van der Waals surface area contributed by atoms with Crippen molar-refractivity contribution in [3.63, 3.8) is 0 Å². The van der Waals surface area contributed by atoms with E-state index in [9.17, 15) is 51.9 Å². The summed E-state index contributed by atoms with van der Waals surface area (Å²) in [5.74, 6) is -5.79. The van der Waals surface area contributed by atoms with Crippen molar-refractivity contribution >= 4 is 40.5 Å². The van der Waals surface area contributed by atoms with Crippen LogP contribution in [0.25, 0.3) is 0 Å². The van der Waals surface area contributed by atoms with E-state index < -0.39 is 77.1 Å². The van der Waals surface area contributed by atoms with Crippen LogP contribution in [0.5, 0.6) is 0 Å². The van der Waals surface area contributed by atoms with Gasteiger partial charge in [0.1, 0.15) is 40.5 Å². The molecule has 0 aliphatic rings. The zero-order valence-corrected chi connectivity index (χ0v) is 26.9. The fourth-order valence-corrected chi connectivity index (χ4v) is 4.41. The Bertz CT molecular complexity index is 703. The zero-order chi connectivity index (χ0) is 19.4. The van der Waals surface area contributed by atoms with Crippen molar-refractivity contribution in [2.45, 2.75) is 0 Å². The molecular weight excluding hydrogens is 512 g/mol. The van der Waals surface area contributed by atoms with Crippen LogP contribution in [0, 0.1) is 0 Å². The van der Waals surface area contributed by atoms with Gasteiger partial charge in [-0.3, -0.25) is 9.80 Å². The molecule has 0 N–H and O–H groups in total. The van der Waals surface area contributed by atoms with E-state index in [1.165, 1.54) is 0 Å². The molecule has 0 aliphatic carbocycles. The Hall–Kier alpha value is 3.56. The summed E-state index contributed by atoms with van der Waals surface area (Å²) >= 11 is 0. The van der Waals surface area contributed by atoms with Crippen molar-refractivity contribution in [1.82, 2.24) is 9.80 Å². The summed E-state index contributed by atoms with van der Waals surface area (Å²) in [5.41, 5.74) is 0. The molecule has 0 bridgehead atoms. The average Bonchev–Trinajstić information content (AvgIpc) is 2.16. The maximum absolute atomic E-state index is 10.6. The summed E-state index contributed by atoms with van der Waals surface area (Å²) in [6, 6.07) is 0. The maximum Gasteiger partial charge on any atom is 1.00 e. The molecule has 146 valence electrons. The Morgan fingerprint density at radius 1 is 0.429 bits per heavy atom. The molecule has 0 saturated carbocycles. The molecule has 0 unspecified atom stereocenters. The third kappa shape index (κ3) is 29.6. The fraction of sp³-hybridized carbons (Fsp3) is 1.00. The normalized spacial score (nSPS) is 12.4. The molecule has 0 atom stereocenters. The largest absolute Gasteiger partial charge is 1.00 e. The Balaban J connectivity index is -0.000000441. The predicted molar refractivity (Wildman–Crippen MR) is 71.7 cm³/mol. The van der Waals surface area contributed by atoms with E-state index >= 15 is 0 Å². The van der Waals surface area contributed by atoms with Crippen LogP contribution < -0.4 is 118 Å². The average molecular weight is 524 g/mol. The molecule has 0 aromatic heterocycles. The molecule has 0 fully saturated rings. The molecule has 28 heavy (non-hydrogen) atoms. The molecular formula is C6H12N2Na4O12S4. The van der Waals surface area contributed by atoms with Gasteiger partial charge in [0.25, 0.3) is 0 Å². The first-order valence-electron chi connectivity index (χ1n) is 5.55. The Labute approximate surface area is 252 Å². The Morgan fingerprint density at radius 2 is 0.571 bits per heavy atom. The summed E-state index contributed by atoms with van der Waals surface area (Å²) in [6.45, 7) is -1.60. The van der Waals surface area contributed by atoms with Crippen LogP contribution in [0.4, 0.5) is 0 Å². The Morgan fingerprint density at radius 3 is 0.679 bits per heavy atom. The molecule has 0 aromatic rings. The first-order chi connectivity index (χ1) is 10.4. The van der Waals surface area contributed by atoms with Crippen LogP contribution >= 0.6 is 0 Å². The van der Waals surface area contributed by atoms with E-state index in [0.29, 0.717) is 0 Å². The predicted octanol–water partition coefficient (Wildman–Crippen LogP) is -16.4. The molecule has 0 saturated heterocycles. The summed E-state index contributed by atoms with van der Waals surface area (Å²) < 4.78 is 128. The van der Waals surface area contributed by atoms with Gasteiger partial charge in [0.2, 0.25) is 0 Å². The van der Waals surface area contributed by atoms with E-state index in [4.69, 9.17) is 0 Å². The van der Waals surface area contributed by atoms with Crippen molar-refractivity contribution in [2.75, 3.05) is 36.6 Å². The van der Waals surface area contributed by atoms with Gasteiger partial charge in [0.05, 0.1) is 23.5 Å². The molecule has 0 rings (SSSR count). The number of nitrogens with zero attached hydrogens (tertiary/aromatic N) is 2. The minimum Gasteiger partial charge on any atom is -0.747 e. The first-order valence-corrected chi connectivity index (χ1v) is 11.9. The second kappa shape index (κ2) is 17.1. The van der Waals surface area contributed by atoms with Crippen LogP contribution in [0.2, 0.25) is 0 Å². The third-order valence-corrected chi connectivity index (χ3v) is 4.82. The SMILES string of the molecule is O=S(=O)([O-])CN(CCN(CS(=O)(=O)[O-])CS(=O)(=O)[O-])CS(=O)(=O)[O-].[Na+].[Na+].[Na+].[Na+]. The van der Waals surface area contributed by atoms with Crippen LogP contribution in [0.15, 0.2) is 0 Å². The molecule has 14 nitrogen and oxygen atoms in total. The van der Waals surface area contributed by atoms with E-state index in [1.807, 2.05) is 0 Å². The third-order valence-electron chi connectivity index (χ3n) is 2.10. The summed E-state index contributed by atoms with van der Waals surface area (Å²) in [7, 11) is -20.1. The molecule has 0 spiro atoms. The Kier molecular flexibility index (Phi) is 25.5. The molecule has 0 radical (unpaired) electrons. The second-order valence-corrected chi connectivity index (χ2v) is 10.0. The van der Waals surface area contributed by atoms with Gasteiger partial charge < -0.3 is 18.2 Å². The van der Waals surface area contributed by atoms with Gasteiger partial charge in [-0.1, -0.05) is 0 Å². The standard InChI is InChI=1S/C6H16N2O12S4.4Na/c9-21(10,11)3-7(4-22(12,13)14)1-2-8(5-23(15,16)17)6-24(18,19)20;;;;/h1-6H2,(H,9,10,11)(H,12,13,14)(H,15,16,17)(H,18,19,20);;;;/q;4*+1/p-4. The molecule has 0 heterocycles. The minimum atomic E-state index is -5.02. The smallest absolute Gasteiger partial charge is 0.747 e. The van der Waals surface area contributed by atoms with E-state index in [1.54, 1.807) is 0 Å². The first kappa shape index (κ1) is 41.8. The zero-order valence-electron chi connectivity index (χ0n) is 15.7. The number of hydrogen-bond donors (Lipinski definition) is 0. The van der Waals surface area contributed by atoms with E-state index in [2.05, 4.69) is 0 Å². The van der Waals surface area contributed by atoms with Gasteiger partial charge in [0.15, 0.2) is 0 Å². The maximum atomic E-state index is 10.6. The minimum absolute atomic E-state index is 0. The van der Waals surface area contributed by atoms with Crippen LogP contribution in [-0.2, 0) is 40.5 Å². The molecule has 0 amide bonds. The van der Waals surface area contributed by atoms with E-state index in [-0.39, 0.29) is 128 Å². The number of hydrogen-bond acceptors (Lipinski definition) is 14. The van der Waals surface area contributed by atoms with Gasteiger partial charge >= 0.3 is 118 Å². The van der Waals surface area contributed by atoms with Crippen LogP contribution in [0.1, 0.15) is 0 Å². The monoisotopic (exact) mass is 524 g/mol. The van der Waals surface area contributed by atoms with E-state index in [0.717, 1.165) is 0 Å². The van der Waals surface area contributed by atoms with Gasteiger partial charge in [-0.2, -0.15) is 0 Å². The topological polar surface area (TPSA) is 235 Å². The molecule has 0 aromatic carbocycles. The van der Waals surface area contributed by atoms with Crippen molar-refractivity contribution < 1.29 is 170 Å². The van der Waals surface area contributed by atoms with Crippen molar-refractivity contribution in [1.29, 1.82) is 0 Å². The molecule has 22 heteroatoms. The van der Waals surface area contributed by atoms with Crippen LogP contribution in [-0.4, -0.2) is 98.3 Å². The quantitative estimate of drug-likeness (QED) is 0.180. The fourth-order valence-electron chi connectivity index (χ4n) is 1.51. The van der Waals surface area contributed by atoms with Crippen molar-refractivity contribution in [3.8, 4) is 0 Å². The number of rotatable bonds is 11. The van der Waals surface area contributed by atoms with Crippen molar-refractivity contribution in [2.24, 2.45) is 0 Å². The van der Waals surface area contributed by atoms with Gasteiger partial charge in [-0.05, 0) is 0 Å². The second-order valence-electron chi connectivity index (χ2n) is 4.54. The summed E-state index contributed by atoms with van der Waals surface area (Å²) in [5, 5.41) is 0. The molecule has 0 aliphatic heterocycles. The van der Waals surface area contributed by atoms with Crippen molar-refractivity contribution in [3.05, 3.63) is 0 Å². The van der Waals surface area contributed by atoms with Gasteiger partial charge in [-0.25, -0.2) is 33.7 Å². The van der Waals surface area contributed by atoms with Gasteiger partial charge in [-0.15, -0.1) is 0 Å². The summed E-state index contributed by atoms with van der Waals surface area (Å²) in [6.07, 6.45) is 0.